The Labute approximate surface area is 194 Å². The molecule has 1 fully saturated rings. The lowest BCUT2D eigenvalue weighted by Crippen LogP contribution is -2.35. The molecular formula is C26H32N2O5. The number of ketones is 1. The summed E-state index contributed by atoms with van der Waals surface area (Å²) in [5, 5.41) is 21.6. The Morgan fingerprint density at radius 1 is 1.09 bits per heavy atom. The standard InChI is InChI=1S/C26H32N2O5/c1-26(2,3)17-9-7-16(8-10-17)22-21(24(31)25(32)28(22)14-13-27(4)5)23(30)19-12-11-18(33-6)15-20(19)29/h7-12,15,22,29-30H,13-14H2,1-6H3/t22-/m0/s1. The first kappa shape index (κ1) is 24.3. The zero-order chi connectivity index (χ0) is 24.5. The normalized spacial score (nSPS) is 18.3. The van der Waals surface area contributed by atoms with E-state index in [2.05, 4.69) is 20.8 Å². The van der Waals surface area contributed by atoms with Crippen LogP contribution in [0.25, 0.3) is 5.76 Å². The number of phenols is 1. The van der Waals surface area contributed by atoms with Crippen LogP contribution in [-0.2, 0) is 15.0 Å². The molecule has 0 aliphatic carbocycles. The number of hydrogen-bond acceptors (Lipinski definition) is 6. The van der Waals surface area contributed by atoms with Crippen LogP contribution in [0.3, 0.4) is 0 Å². The van der Waals surface area contributed by atoms with Crippen LogP contribution in [0.1, 0.15) is 43.5 Å². The molecule has 1 saturated heterocycles. The van der Waals surface area contributed by atoms with Crippen LogP contribution in [-0.4, -0.2) is 66.0 Å². The maximum Gasteiger partial charge on any atom is 0.295 e. The first-order chi connectivity index (χ1) is 15.5. The van der Waals surface area contributed by atoms with E-state index >= 15 is 0 Å². The summed E-state index contributed by atoms with van der Waals surface area (Å²) in [7, 11) is 5.24. The summed E-state index contributed by atoms with van der Waals surface area (Å²) in [5.41, 5.74) is 1.81. The number of rotatable bonds is 6. The van der Waals surface area contributed by atoms with E-state index in [4.69, 9.17) is 4.74 Å². The molecule has 1 amide bonds. The van der Waals surface area contributed by atoms with Gasteiger partial charge in [-0.25, -0.2) is 0 Å². The van der Waals surface area contributed by atoms with Gasteiger partial charge in [0.25, 0.3) is 11.7 Å². The van der Waals surface area contributed by atoms with Gasteiger partial charge in [-0.1, -0.05) is 45.0 Å². The molecule has 0 radical (unpaired) electrons. The van der Waals surface area contributed by atoms with E-state index in [0.29, 0.717) is 18.8 Å². The van der Waals surface area contributed by atoms with E-state index < -0.39 is 23.5 Å². The minimum absolute atomic E-state index is 0.0391. The third-order valence-electron chi connectivity index (χ3n) is 5.88. The monoisotopic (exact) mass is 452 g/mol. The smallest absolute Gasteiger partial charge is 0.295 e. The summed E-state index contributed by atoms with van der Waals surface area (Å²) >= 11 is 0. The average molecular weight is 453 g/mol. The lowest BCUT2D eigenvalue weighted by atomic mass is 9.85. The summed E-state index contributed by atoms with van der Waals surface area (Å²) in [5.74, 6) is -1.69. The number of carbonyl (C=O) groups is 2. The Hall–Kier alpha value is -3.32. The van der Waals surface area contributed by atoms with Gasteiger partial charge in [0, 0.05) is 19.2 Å². The Morgan fingerprint density at radius 3 is 2.24 bits per heavy atom. The van der Waals surface area contributed by atoms with Gasteiger partial charge in [-0.05, 0) is 42.8 Å². The van der Waals surface area contributed by atoms with Gasteiger partial charge in [0.1, 0.15) is 17.3 Å². The van der Waals surface area contributed by atoms with Crippen molar-refractivity contribution in [3.63, 3.8) is 0 Å². The Bertz CT molecular complexity index is 1080. The number of methoxy groups -OCH3 is 1. The summed E-state index contributed by atoms with van der Waals surface area (Å²) in [6.45, 7) is 7.19. The van der Waals surface area contributed by atoms with E-state index in [1.54, 1.807) is 6.07 Å². The molecule has 1 heterocycles. The number of amides is 1. The molecule has 2 N–H and O–H groups in total. The number of benzene rings is 2. The van der Waals surface area contributed by atoms with Crippen LogP contribution < -0.4 is 4.74 Å². The zero-order valence-corrected chi connectivity index (χ0v) is 20.0. The molecule has 1 aliphatic rings. The van der Waals surface area contributed by atoms with E-state index in [1.165, 1.54) is 24.1 Å². The molecule has 1 atom stereocenters. The second-order valence-corrected chi connectivity index (χ2v) is 9.55. The zero-order valence-electron chi connectivity index (χ0n) is 20.0. The predicted octanol–water partition coefficient (Wildman–Crippen LogP) is 3.68. The van der Waals surface area contributed by atoms with Crippen molar-refractivity contribution in [2.75, 3.05) is 34.3 Å². The number of aliphatic hydroxyl groups is 1. The minimum Gasteiger partial charge on any atom is -0.507 e. The minimum atomic E-state index is -0.772. The summed E-state index contributed by atoms with van der Waals surface area (Å²) in [6, 6.07) is 11.4. The van der Waals surface area contributed by atoms with Crippen molar-refractivity contribution in [1.29, 1.82) is 0 Å². The maximum atomic E-state index is 13.1. The highest BCUT2D eigenvalue weighted by atomic mass is 16.5. The van der Waals surface area contributed by atoms with E-state index in [0.717, 1.165) is 11.1 Å². The molecule has 0 unspecified atom stereocenters. The van der Waals surface area contributed by atoms with Gasteiger partial charge in [0.2, 0.25) is 0 Å². The van der Waals surface area contributed by atoms with Crippen LogP contribution in [0.4, 0.5) is 0 Å². The molecule has 0 bridgehead atoms. The number of hydrogen-bond donors (Lipinski definition) is 2. The van der Waals surface area contributed by atoms with Crippen LogP contribution in [0.2, 0.25) is 0 Å². The molecule has 1 aliphatic heterocycles. The largest absolute Gasteiger partial charge is 0.507 e. The Balaban J connectivity index is 2.16. The van der Waals surface area contributed by atoms with Crippen molar-refractivity contribution < 1.29 is 24.5 Å². The van der Waals surface area contributed by atoms with Crippen LogP contribution in [0.5, 0.6) is 11.5 Å². The molecule has 176 valence electrons. The third kappa shape index (κ3) is 4.88. The lowest BCUT2D eigenvalue weighted by molar-refractivity contribution is -0.140. The molecule has 0 spiro atoms. The molecule has 7 heteroatoms. The number of phenolic OH excluding ortho intramolecular Hbond substituents is 1. The summed E-state index contributed by atoms with van der Waals surface area (Å²) in [4.78, 5) is 29.5. The van der Waals surface area contributed by atoms with Gasteiger partial charge in [-0.3, -0.25) is 9.59 Å². The molecule has 7 nitrogen and oxygen atoms in total. The number of nitrogens with zero attached hydrogens (tertiary/aromatic N) is 2. The van der Waals surface area contributed by atoms with Gasteiger partial charge >= 0.3 is 0 Å². The van der Waals surface area contributed by atoms with Gasteiger partial charge in [-0.15, -0.1) is 0 Å². The second-order valence-electron chi connectivity index (χ2n) is 9.55. The van der Waals surface area contributed by atoms with Gasteiger partial charge in [-0.2, -0.15) is 0 Å². The number of Topliss-reactive ketones (excluding diaryl/α,β-unsaturated/α-hetero) is 1. The molecule has 33 heavy (non-hydrogen) atoms. The van der Waals surface area contributed by atoms with Crippen molar-refractivity contribution in [3.05, 3.63) is 64.7 Å². The molecule has 3 rings (SSSR count). The van der Waals surface area contributed by atoms with Crippen molar-refractivity contribution in [2.24, 2.45) is 0 Å². The lowest BCUT2D eigenvalue weighted by Gasteiger charge is -2.27. The fourth-order valence-electron chi connectivity index (χ4n) is 3.91. The first-order valence-corrected chi connectivity index (χ1v) is 10.9. The van der Waals surface area contributed by atoms with E-state index in [-0.39, 0.29) is 22.3 Å². The fourth-order valence-corrected chi connectivity index (χ4v) is 3.91. The third-order valence-corrected chi connectivity index (χ3v) is 5.88. The van der Waals surface area contributed by atoms with Gasteiger partial charge in [0.05, 0.1) is 24.3 Å². The van der Waals surface area contributed by atoms with Crippen LogP contribution in [0.15, 0.2) is 48.0 Å². The first-order valence-electron chi connectivity index (χ1n) is 10.9. The highest BCUT2D eigenvalue weighted by Crippen LogP contribution is 2.41. The molecule has 2 aromatic rings. The number of likely N-dealkylation sites (tertiary alicyclic amines) is 1. The highest BCUT2D eigenvalue weighted by molar-refractivity contribution is 6.46. The number of aromatic hydroxyl groups is 1. The van der Waals surface area contributed by atoms with E-state index in [9.17, 15) is 19.8 Å². The number of likely N-dealkylation sites (N-methyl/N-ethyl adjacent to an activating group) is 1. The van der Waals surface area contributed by atoms with Crippen molar-refractivity contribution in [2.45, 2.75) is 32.2 Å². The molecular weight excluding hydrogens is 420 g/mol. The van der Waals surface area contributed by atoms with Crippen LogP contribution in [0, 0.1) is 0 Å². The molecule has 2 aromatic carbocycles. The fraction of sp³-hybridized carbons (Fsp3) is 0.385. The van der Waals surface area contributed by atoms with Gasteiger partial charge < -0.3 is 24.7 Å². The second kappa shape index (κ2) is 9.27. The summed E-state index contributed by atoms with van der Waals surface area (Å²) in [6.07, 6.45) is 0. The Morgan fingerprint density at radius 2 is 1.73 bits per heavy atom. The highest BCUT2D eigenvalue weighted by Gasteiger charge is 2.46. The number of aliphatic hydroxyl groups excluding tert-OH is 1. The predicted molar refractivity (Wildman–Crippen MR) is 127 cm³/mol. The SMILES string of the molecule is COc1ccc(C(O)=C2C(=O)C(=O)N(CCN(C)C)[C@H]2c2ccc(C(C)(C)C)cc2)c(O)c1. The van der Waals surface area contributed by atoms with Gasteiger partial charge in [0.15, 0.2) is 0 Å². The summed E-state index contributed by atoms with van der Waals surface area (Å²) < 4.78 is 5.10. The Kier molecular flexibility index (Phi) is 6.84. The quantitative estimate of drug-likeness (QED) is 0.395. The number of carbonyl (C=O) groups excluding carboxylic acids is 2. The molecule has 0 aromatic heterocycles. The van der Waals surface area contributed by atoms with Crippen molar-refractivity contribution >= 4 is 17.4 Å². The number of ether oxygens (including phenoxy) is 1. The van der Waals surface area contributed by atoms with Crippen molar-refractivity contribution in [3.8, 4) is 11.5 Å². The molecule has 0 saturated carbocycles. The van der Waals surface area contributed by atoms with Crippen LogP contribution >= 0.6 is 0 Å². The van der Waals surface area contributed by atoms with E-state index in [1.807, 2.05) is 43.3 Å². The topological polar surface area (TPSA) is 90.3 Å². The van der Waals surface area contributed by atoms with Crippen molar-refractivity contribution in [1.82, 2.24) is 9.80 Å². The average Bonchev–Trinajstić information content (AvgIpc) is 3.01. The maximum absolute atomic E-state index is 13.1.